The number of benzene rings is 2. The molecule has 2 heterocycles. The first-order chi connectivity index (χ1) is 15.7. The quantitative estimate of drug-likeness (QED) is 0.517. The van der Waals surface area contributed by atoms with Gasteiger partial charge in [0.05, 0.1) is 6.04 Å². The Morgan fingerprint density at radius 3 is 2.19 bits per heavy atom. The number of nitrogens with zero attached hydrogens (tertiary/aromatic N) is 2. The van der Waals surface area contributed by atoms with Gasteiger partial charge >= 0.3 is 0 Å². The molecule has 4 aliphatic rings. The Morgan fingerprint density at radius 2 is 1.47 bits per heavy atom. The summed E-state index contributed by atoms with van der Waals surface area (Å²) in [4.78, 5) is 5.67. The summed E-state index contributed by atoms with van der Waals surface area (Å²) < 4.78 is 0. The summed E-state index contributed by atoms with van der Waals surface area (Å²) in [6.07, 6.45) is 16.7. The first-order valence-corrected chi connectivity index (χ1v) is 13.1. The van der Waals surface area contributed by atoms with E-state index in [9.17, 15) is 0 Å². The zero-order valence-corrected chi connectivity index (χ0v) is 19.8. The monoisotopic (exact) mass is 426 g/mol. The van der Waals surface area contributed by atoms with Crippen molar-refractivity contribution in [2.45, 2.75) is 88.9 Å². The van der Waals surface area contributed by atoms with Gasteiger partial charge in [-0.15, -0.1) is 0 Å². The van der Waals surface area contributed by atoms with Crippen molar-refractivity contribution < 1.29 is 0 Å². The van der Waals surface area contributed by atoms with E-state index in [1.54, 1.807) is 5.56 Å². The minimum atomic E-state index is 0.130. The van der Waals surface area contributed by atoms with E-state index >= 15 is 0 Å². The second-order valence-corrected chi connectivity index (χ2v) is 10.9. The standard InChI is InChI=1S/C30H38N2/c1-22-12-6-11-19-27(22)32-23(2)28-30(26-17-9-10-18-26,25-15-4-3-5-16-25)20-21-31(28)29(32)24-13-7-8-14-24/h3-6,11-12,15-16,19-21,23-24,26,28-29H,7-10,13-14,17-18H2,1-2H3/t23-,28?,29?,30?/m0/s1. The van der Waals surface area contributed by atoms with Crippen LogP contribution in [0.25, 0.3) is 0 Å². The Bertz CT molecular complexity index is 969. The van der Waals surface area contributed by atoms with Crippen molar-refractivity contribution in [1.82, 2.24) is 4.90 Å². The molecule has 0 bridgehead atoms. The predicted octanol–water partition coefficient (Wildman–Crippen LogP) is 7.05. The van der Waals surface area contributed by atoms with Crippen LogP contribution >= 0.6 is 0 Å². The summed E-state index contributed by atoms with van der Waals surface area (Å²) in [5, 5.41) is 0. The highest BCUT2D eigenvalue weighted by Gasteiger charge is 2.60. The van der Waals surface area contributed by atoms with Crippen LogP contribution in [-0.2, 0) is 5.41 Å². The smallest absolute Gasteiger partial charge is 0.105 e. The molecule has 2 saturated carbocycles. The minimum Gasteiger partial charge on any atom is -0.351 e. The summed E-state index contributed by atoms with van der Waals surface area (Å²) in [7, 11) is 0. The molecule has 2 aromatic rings. The molecule has 3 fully saturated rings. The van der Waals surface area contributed by atoms with Crippen LogP contribution in [0.15, 0.2) is 66.9 Å². The third kappa shape index (κ3) is 2.91. The van der Waals surface area contributed by atoms with Gasteiger partial charge in [-0.3, -0.25) is 0 Å². The lowest BCUT2D eigenvalue weighted by Crippen LogP contribution is -2.50. The highest BCUT2D eigenvalue weighted by atomic mass is 15.5. The van der Waals surface area contributed by atoms with Crippen LogP contribution in [0.4, 0.5) is 5.69 Å². The van der Waals surface area contributed by atoms with E-state index in [1.165, 1.54) is 62.6 Å². The maximum Gasteiger partial charge on any atom is 0.105 e. The normalized spacial score (nSPS) is 32.9. The second kappa shape index (κ2) is 7.97. The number of rotatable bonds is 4. The topological polar surface area (TPSA) is 6.48 Å². The Labute approximate surface area is 194 Å². The van der Waals surface area contributed by atoms with E-state index < -0.39 is 0 Å². The zero-order valence-electron chi connectivity index (χ0n) is 19.8. The zero-order chi connectivity index (χ0) is 21.7. The molecule has 0 radical (unpaired) electrons. The highest BCUT2D eigenvalue weighted by Crippen LogP contribution is 2.56. The lowest BCUT2D eigenvalue weighted by molar-refractivity contribution is 0.158. The maximum atomic E-state index is 2.84. The summed E-state index contributed by atoms with van der Waals surface area (Å²) in [5.74, 6) is 1.52. The van der Waals surface area contributed by atoms with Crippen molar-refractivity contribution in [3.8, 4) is 0 Å². The fraction of sp³-hybridized carbons (Fsp3) is 0.533. The van der Waals surface area contributed by atoms with Crippen LogP contribution in [0.1, 0.15) is 69.4 Å². The molecule has 2 aliphatic heterocycles. The van der Waals surface area contributed by atoms with Gasteiger partial charge in [0.1, 0.15) is 6.17 Å². The van der Waals surface area contributed by atoms with E-state index in [2.05, 4.69) is 90.5 Å². The van der Waals surface area contributed by atoms with Crippen LogP contribution in [0.3, 0.4) is 0 Å². The van der Waals surface area contributed by atoms with Gasteiger partial charge in [0, 0.05) is 17.1 Å². The van der Waals surface area contributed by atoms with Gasteiger partial charge in [0.15, 0.2) is 0 Å². The predicted molar refractivity (Wildman–Crippen MR) is 134 cm³/mol. The third-order valence-corrected chi connectivity index (χ3v) is 9.34. The summed E-state index contributed by atoms with van der Waals surface area (Å²) >= 11 is 0. The number of fused-ring (bicyclic) bond motifs is 1. The van der Waals surface area contributed by atoms with Gasteiger partial charge in [-0.1, -0.05) is 80.3 Å². The molecule has 0 N–H and O–H groups in total. The van der Waals surface area contributed by atoms with Gasteiger partial charge in [-0.2, -0.15) is 0 Å². The fourth-order valence-electron chi connectivity index (χ4n) is 8.04. The van der Waals surface area contributed by atoms with Gasteiger partial charge in [-0.25, -0.2) is 0 Å². The lowest BCUT2D eigenvalue weighted by atomic mass is 9.64. The number of para-hydroxylation sites is 1. The lowest BCUT2D eigenvalue weighted by Gasteiger charge is -2.43. The van der Waals surface area contributed by atoms with Crippen molar-refractivity contribution >= 4 is 5.69 Å². The Balaban J connectivity index is 1.50. The van der Waals surface area contributed by atoms with Crippen molar-refractivity contribution in [2.24, 2.45) is 11.8 Å². The molecule has 2 aliphatic carbocycles. The van der Waals surface area contributed by atoms with Crippen molar-refractivity contribution in [2.75, 3.05) is 4.90 Å². The van der Waals surface area contributed by atoms with Crippen LogP contribution < -0.4 is 4.90 Å². The molecule has 0 aromatic heterocycles. The molecule has 0 spiro atoms. The number of hydrogen-bond acceptors (Lipinski definition) is 2. The molecule has 168 valence electrons. The van der Waals surface area contributed by atoms with Crippen LogP contribution in [0.2, 0.25) is 0 Å². The van der Waals surface area contributed by atoms with E-state index in [0.717, 1.165) is 11.8 Å². The Hall–Kier alpha value is -2.22. The molecule has 6 rings (SSSR count). The first kappa shape index (κ1) is 20.4. The fourth-order valence-corrected chi connectivity index (χ4v) is 8.04. The minimum absolute atomic E-state index is 0.130. The molecule has 3 unspecified atom stereocenters. The average Bonchev–Trinajstić information content (AvgIpc) is 3.61. The first-order valence-electron chi connectivity index (χ1n) is 13.1. The molecule has 2 aromatic carbocycles. The van der Waals surface area contributed by atoms with E-state index in [4.69, 9.17) is 0 Å². The molecular formula is C30H38N2. The molecule has 32 heavy (non-hydrogen) atoms. The largest absolute Gasteiger partial charge is 0.351 e. The van der Waals surface area contributed by atoms with E-state index in [1.807, 2.05) is 0 Å². The van der Waals surface area contributed by atoms with Crippen molar-refractivity contribution in [3.05, 3.63) is 78.0 Å². The summed E-state index contributed by atoms with van der Waals surface area (Å²) in [5.41, 5.74) is 4.54. The number of anilines is 1. The van der Waals surface area contributed by atoms with Crippen LogP contribution in [-0.4, -0.2) is 23.1 Å². The number of aryl methyl sites for hydroxylation is 1. The van der Waals surface area contributed by atoms with E-state index in [-0.39, 0.29) is 5.41 Å². The van der Waals surface area contributed by atoms with Gasteiger partial charge in [-0.05, 0) is 74.8 Å². The molecule has 0 amide bonds. The van der Waals surface area contributed by atoms with E-state index in [0.29, 0.717) is 18.2 Å². The van der Waals surface area contributed by atoms with Gasteiger partial charge in [0.2, 0.25) is 0 Å². The Morgan fingerprint density at radius 1 is 0.812 bits per heavy atom. The molecule has 2 heteroatoms. The Kier molecular flexibility index (Phi) is 5.08. The van der Waals surface area contributed by atoms with Gasteiger partial charge < -0.3 is 9.80 Å². The third-order valence-electron chi connectivity index (χ3n) is 9.34. The molecular weight excluding hydrogens is 388 g/mol. The van der Waals surface area contributed by atoms with Crippen molar-refractivity contribution in [3.63, 3.8) is 0 Å². The highest BCUT2D eigenvalue weighted by molar-refractivity contribution is 5.58. The van der Waals surface area contributed by atoms with Crippen LogP contribution in [0, 0.1) is 18.8 Å². The average molecular weight is 427 g/mol. The van der Waals surface area contributed by atoms with Gasteiger partial charge in [0.25, 0.3) is 0 Å². The molecule has 1 saturated heterocycles. The number of hydrogen-bond donors (Lipinski definition) is 0. The van der Waals surface area contributed by atoms with Crippen LogP contribution in [0.5, 0.6) is 0 Å². The maximum absolute atomic E-state index is 2.84. The summed E-state index contributed by atoms with van der Waals surface area (Å²) in [6.45, 7) is 4.83. The SMILES string of the molecule is Cc1ccccc1N1C(C2CCCC2)N2C=CC(c3ccccc3)(C3CCCC3)C2[C@@H]1C. The molecule has 2 nitrogen and oxygen atoms in total. The van der Waals surface area contributed by atoms with Crippen molar-refractivity contribution in [1.29, 1.82) is 0 Å². The second-order valence-electron chi connectivity index (χ2n) is 10.9. The summed E-state index contributed by atoms with van der Waals surface area (Å²) in [6, 6.07) is 21.6. The molecule has 4 atom stereocenters.